The van der Waals surface area contributed by atoms with Crippen molar-refractivity contribution in [2.45, 2.75) is 11.3 Å². The molecule has 6 nitrogen and oxygen atoms in total. The van der Waals surface area contributed by atoms with Crippen molar-refractivity contribution in [1.82, 2.24) is 8.96 Å². The fourth-order valence-corrected chi connectivity index (χ4v) is 5.22. The third-order valence-corrected chi connectivity index (χ3v) is 6.80. The van der Waals surface area contributed by atoms with Gasteiger partial charge in [-0.15, -0.1) is 0 Å². The van der Waals surface area contributed by atoms with E-state index in [-0.39, 0.29) is 21.4 Å². The second-order valence-corrected chi connectivity index (χ2v) is 8.75. The van der Waals surface area contributed by atoms with E-state index in [4.69, 9.17) is 21.1 Å². The molecule has 0 aliphatic rings. The molecule has 0 amide bonds. The maximum atomic E-state index is 13.8. The van der Waals surface area contributed by atoms with Crippen LogP contribution in [0, 0.1) is 0 Å². The highest BCUT2D eigenvalue weighted by molar-refractivity contribution is 7.90. The maximum absolute atomic E-state index is 13.8. The van der Waals surface area contributed by atoms with Crippen LogP contribution in [0.15, 0.2) is 71.6 Å². The van der Waals surface area contributed by atoms with Crippen LogP contribution >= 0.6 is 11.6 Å². The molecule has 30 heavy (non-hydrogen) atoms. The van der Waals surface area contributed by atoms with Crippen LogP contribution in [0.4, 0.5) is 0 Å². The van der Waals surface area contributed by atoms with Gasteiger partial charge in [-0.2, -0.15) is 0 Å². The molecule has 0 atom stereocenters. The van der Waals surface area contributed by atoms with E-state index in [9.17, 15) is 8.42 Å². The zero-order chi connectivity index (χ0) is 21.3. The first-order valence-corrected chi connectivity index (χ1v) is 10.9. The number of halogens is 1. The van der Waals surface area contributed by atoms with Gasteiger partial charge in [0.05, 0.1) is 30.3 Å². The summed E-state index contributed by atoms with van der Waals surface area (Å²) in [6.07, 6.45) is 0.349. The second-order valence-electron chi connectivity index (χ2n) is 6.59. The molecule has 0 radical (unpaired) electrons. The Morgan fingerprint density at radius 1 is 0.933 bits per heavy atom. The van der Waals surface area contributed by atoms with Crippen molar-refractivity contribution >= 4 is 32.7 Å². The normalized spacial score (nSPS) is 11.6. The van der Waals surface area contributed by atoms with Crippen LogP contribution in [-0.2, 0) is 16.4 Å². The fourth-order valence-electron chi connectivity index (χ4n) is 3.34. The molecule has 8 heteroatoms. The predicted octanol–water partition coefficient (Wildman–Crippen LogP) is 4.53. The molecule has 0 bridgehead atoms. The lowest BCUT2D eigenvalue weighted by atomic mass is 10.1. The van der Waals surface area contributed by atoms with Gasteiger partial charge < -0.3 is 9.47 Å². The standard InChI is InChI=1S/C22H19ClN2O4S/c1-28-19-14-21(20(29-2)13-16(19)23)30(26,27)25-18-11-7-6-10-17(18)24-22(25)12-15-8-4-3-5-9-15/h3-11,13-14H,12H2,1-2H3. The molecule has 0 N–H and O–H groups in total. The van der Waals surface area contributed by atoms with Gasteiger partial charge in [0.25, 0.3) is 10.0 Å². The van der Waals surface area contributed by atoms with Crippen LogP contribution in [0.1, 0.15) is 11.4 Å². The molecule has 154 valence electrons. The number of methoxy groups -OCH3 is 2. The van der Waals surface area contributed by atoms with Crippen LogP contribution in [0.5, 0.6) is 11.5 Å². The van der Waals surface area contributed by atoms with Crippen molar-refractivity contribution in [2.75, 3.05) is 14.2 Å². The maximum Gasteiger partial charge on any atom is 0.273 e. The van der Waals surface area contributed by atoms with E-state index < -0.39 is 10.0 Å². The van der Waals surface area contributed by atoms with Gasteiger partial charge in [-0.3, -0.25) is 0 Å². The summed E-state index contributed by atoms with van der Waals surface area (Å²) in [7, 11) is -1.25. The number of nitrogens with zero attached hydrogens (tertiary/aromatic N) is 2. The van der Waals surface area contributed by atoms with Crippen LogP contribution < -0.4 is 9.47 Å². The molecule has 4 aromatic rings. The van der Waals surface area contributed by atoms with Crippen LogP contribution in [0.3, 0.4) is 0 Å². The molecule has 0 aliphatic carbocycles. The van der Waals surface area contributed by atoms with E-state index in [2.05, 4.69) is 4.98 Å². The van der Waals surface area contributed by atoms with Crippen LogP contribution in [-0.4, -0.2) is 31.6 Å². The molecule has 1 heterocycles. The molecule has 0 spiro atoms. The van der Waals surface area contributed by atoms with Gasteiger partial charge in [-0.05, 0) is 17.7 Å². The highest BCUT2D eigenvalue weighted by atomic mass is 35.5. The van der Waals surface area contributed by atoms with E-state index in [1.54, 1.807) is 18.2 Å². The topological polar surface area (TPSA) is 70.4 Å². The van der Waals surface area contributed by atoms with Crippen molar-refractivity contribution in [1.29, 1.82) is 0 Å². The van der Waals surface area contributed by atoms with Crippen molar-refractivity contribution in [3.8, 4) is 11.5 Å². The largest absolute Gasteiger partial charge is 0.495 e. The number of ether oxygens (including phenoxy) is 2. The Morgan fingerprint density at radius 2 is 1.60 bits per heavy atom. The van der Waals surface area contributed by atoms with Crippen molar-refractivity contribution in [3.05, 3.63) is 83.1 Å². The second kappa shape index (κ2) is 8.01. The highest BCUT2D eigenvalue weighted by Crippen LogP contribution is 2.37. The van der Waals surface area contributed by atoms with Crippen LogP contribution in [0.2, 0.25) is 5.02 Å². The Balaban J connectivity index is 1.97. The van der Waals surface area contributed by atoms with Gasteiger partial charge in [-0.25, -0.2) is 17.4 Å². The number of imidazole rings is 1. The van der Waals surface area contributed by atoms with E-state index >= 15 is 0 Å². The molecular weight excluding hydrogens is 424 g/mol. The summed E-state index contributed by atoms with van der Waals surface area (Å²) < 4.78 is 39.5. The van der Waals surface area contributed by atoms with Crippen molar-refractivity contribution < 1.29 is 17.9 Å². The van der Waals surface area contributed by atoms with Crippen molar-refractivity contribution in [2.24, 2.45) is 0 Å². The number of rotatable bonds is 6. The minimum atomic E-state index is -4.07. The fraction of sp³-hybridized carbons (Fsp3) is 0.136. The zero-order valence-electron chi connectivity index (χ0n) is 16.4. The van der Waals surface area contributed by atoms with E-state index in [0.717, 1.165) is 5.56 Å². The highest BCUT2D eigenvalue weighted by Gasteiger charge is 2.29. The Bertz CT molecular complexity index is 1320. The molecule has 0 aliphatic heterocycles. The number of para-hydroxylation sites is 2. The van der Waals surface area contributed by atoms with Gasteiger partial charge >= 0.3 is 0 Å². The first kappa shape index (κ1) is 20.3. The summed E-state index contributed by atoms with van der Waals surface area (Å²) >= 11 is 6.17. The number of benzene rings is 3. The third-order valence-electron chi connectivity index (χ3n) is 4.75. The van der Waals surface area contributed by atoms with Gasteiger partial charge in [-0.1, -0.05) is 54.1 Å². The van der Waals surface area contributed by atoms with E-state index in [0.29, 0.717) is 23.3 Å². The number of hydrogen-bond acceptors (Lipinski definition) is 5. The first-order chi connectivity index (χ1) is 14.5. The average molecular weight is 443 g/mol. The van der Waals surface area contributed by atoms with Gasteiger partial charge in [0, 0.05) is 18.6 Å². The first-order valence-electron chi connectivity index (χ1n) is 9.13. The lowest BCUT2D eigenvalue weighted by molar-refractivity contribution is 0.392. The minimum absolute atomic E-state index is 0.0521. The molecule has 0 unspecified atom stereocenters. The average Bonchev–Trinajstić information content (AvgIpc) is 3.12. The molecule has 4 rings (SSSR count). The zero-order valence-corrected chi connectivity index (χ0v) is 17.9. The smallest absolute Gasteiger partial charge is 0.273 e. The Kier molecular flexibility index (Phi) is 5.40. The number of fused-ring (bicyclic) bond motifs is 1. The minimum Gasteiger partial charge on any atom is -0.495 e. The summed E-state index contributed by atoms with van der Waals surface area (Å²) in [4.78, 5) is 4.55. The predicted molar refractivity (Wildman–Crippen MR) is 116 cm³/mol. The van der Waals surface area contributed by atoms with E-state index in [1.807, 2.05) is 36.4 Å². The third kappa shape index (κ3) is 3.51. The Morgan fingerprint density at radius 3 is 2.30 bits per heavy atom. The summed E-state index contributed by atoms with van der Waals surface area (Å²) in [5, 5.41) is 0.258. The number of aromatic nitrogens is 2. The molecule has 1 aromatic heterocycles. The lowest BCUT2D eigenvalue weighted by Crippen LogP contribution is -2.17. The Hall–Kier alpha value is -3.03. The van der Waals surface area contributed by atoms with Gasteiger partial charge in [0.1, 0.15) is 22.2 Å². The van der Waals surface area contributed by atoms with Gasteiger partial charge in [0.2, 0.25) is 0 Å². The molecule has 0 saturated carbocycles. The van der Waals surface area contributed by atoms with Crippen LogP contribution in [0.25, 0.3) is 11.0 Å². The van der Waals surface area contributed by atoms with Crippen molar-refractivity contribution in [3.63, 3.8) is 0 Å². The number of hydrogen-bond donors (Lipinski definition) is 0. The summed E-state index contributed by atoms with van der Waals surface area (Å²) in [5.74, 6) is 0.771. The SMILES string of the molecule is COc1cc(S(=O)(=O)n2c(Cc3ccccc3)nc3ccccc32)c(OC)cc1Cl. The summed E-state index contributed by atoms with van der Waals surface area (Å²) in [6, 6.07) is 19.5. The summed E-state index contributed by atoms with van der Waals surface area (Å²) in [6.45, 7) is 0. The van der Waals surface area contributed by atoms with E-state index in [1.165, 1.54) is 30.3 Å². The molecular formula is C22H19ClN2O4S. The summed E-state index contributed by atoms with van der Waals surface area (Å²) in [5.41, 5.74) is 2.02. The molecule has 3 aromatic carbocycles. The molecule has 0 fully saturated rings. The monoisotopic (exact) mass is 442 g/mol. The molecule has 0 saturated heterocycles. The van der Waals surface area contributed by atoms with Gasteiger partial charge in [0.15, 0.2) is 0 Å². The Labute approximate surface area is 179 Å². The lowest BCUT2D eigenvalue weighted by Gasteiger charge is -2.15. The quantitative estimate of drug-likeness (QED) is 0.438.